The number of halogens is 1. The molecule has 0 radical (unpaired) electrons. The topological polar surface area (TPSA) is 85.8 Å². The van der Waals surface area contributed by atoms with Crippen LogP contribution < -0.4 is 11.2 Å². The molecule has 0 atom stereocenters. The Kier molecular flexibility index (Phi) is 5.67. The summed E-state index contributed by atoms with van der Waals surface area (Å²) >= 11 is 2.87. The number of rotatable bonds is 7. The Morgan fingerprint density at radius 2 is 2.08 bits per heavy atom. The van der Waals surface area contributed by atoms with Gasteiger partial charge >= 0.3 is 0 Å². The largest absolute Gasteiger partial charge is 0.355 e. The average Bonchev–Trinajstić information content (AvgIpc) is 3.24. The van der Waals surface area contributed by atoms with Crippen LogP contribution in [0.25, 0.3) is 11.4 Å². The number of nitrogen functional groups attached to an aromatic ring is 1. The molecule has 0 aliphatic rings. The van der Waals surface area contributed by atoms with Crippen molar-refractivity contribution in [2.75, 3.05) is 18.1 Å². The first-order chi connectivity index (χ1) is 12.1. The van der Waals surface area contributed by atoms with Crippen LogP contribution in [-0.2, 0) is 11.2 Å². The standard InChI is InChI=1S/C16H16FN5OS2/c17-12-5-3-11(4-6-12)15-20-21-16(22(15)18)25-10-14(23)19-8-7-13-2-1-9-24-13/h1-6,9H,7-8,10,18H2,(H,19,23). The van der Waals surface area contributed by atoms with Gasteiger partial charge in [0.05, 0.1) is 5.75 Å². The maximum Gasteiger partial charge on any atom is 0.230 e. The van der Waals surface area contributed by atoms with E-state index in [9.17, 15) is 9.18 Å². The van der Waals surface area contributed by atoms with E-state index in [0.29, 0.717) is 23.1 Å². The predicted molar refractivity (Wildman–Crippen MR) is 97.3 cm³/mol. The van der Waals surface area contributed by atoms with Crippen molar-refractivity contribution < 1.29 is 9.18 Å². The maximum absolute atomic E-state index is 13.0. The molecular formula is C16H16FN5OS2. The first-order valence-electron chi connectivity index (χ1n) is 7.52. The lowest BCUT2D eigenvalue weighted by atomic mass is 10.2. The van der Waals surface area contributed by atoms with E-state index in [4.69, 9.17) is 5.84 Å². The summed E-state index contributed by atoms with van der Waals surface area (Å²) in [6.07, 6.45) is 0.815. The minimum absolute atomic E-state index is 0.0899. The smallest absolute Gasteiger partial charge is 0.230 e. The van der Waals surface area contributed by atoms with Crippen LogP contribution >= 0.6 is 23.1 Å². The van der Waals surface area contributed by atoms with Gasteiger partial charge in [0.1, 0.15) is 5.82 Å². The van der Waals surface area contributed by atoms with Crippen molar-refractivity contribution in [1.82, 2.24) is 20.2 Å². The highest BCUT2D eigenvalue weighted by Crippen LogP contribution is 2.21. The molecule has 0 unspecified atom stereocenters. The number of nitrogens with two attached hydrogens (primary N) is 1. The van der Waals surface area contributed by atoms with Crippen molar-refractivity contribution in [2.24, 2.45) is 0 Å². The first kappa shape index (κ1) is 17.4. The highest BCUT2D eigenvalue weighted by molar-refractivity contribution is 7.99. The highest BCUT2D eigenvalue weighted by atomic mass is 32.2. The number of hydrogen-bond donors (Lipinski definition) is 2. The third-order valence-electron chi connectivity index (χ3n) is 3.37. The van der Waals surface area contributed by atoms with E-state index in [2.05, 4.69) is 15.5 Å². The molecule has 3 aromatic rings. The van der Waals surface area contributed by atoms with Crippen molar-refractivity contribution in [1.29, 1.82) is 0 Å². The van der Waals surface area contributed by atoms with Crippen molar-refractivity contribution in [3.05, 3.63) is 52.5 Å². The number of nitrogens with one attached hydrogen (secondary N) is 1. The number of thioether (sulfide) groups is 1. The third-order valence-corrected chi connectivity index (χ3v) is 5.25. The molecule has 0 spiro atoms. The molecule has 2 aromatic heterocycles. The molecule has 1 aromatic carbocycles. The molecular weight excluding hydrogens is 361 g/mol. The van der Waals surface area contributed by atoms with E-state index >= 15 is 0 Å². The normalized spacial score (nSPS) is 10.8. The van der Waals surface area contributed by atoms with Crippen molar-refractivity contribution >= 4 is 29.0 Å². The second kappa shape index (κ2) is 8.13. The summed E-state index contributed by atoms with van der Waals surface area (Å²) < 4.78 is 14.3. The van der Waals surface area contributed by atoms with Gasteiger partial charge in [0, 0.05) is 17.0 Å². The van der Waals surface area contributed by atoms with Crippen LogP contribution in [0.3, 0.4) is 0 Å². The average molecular weight is 377 g/mol. The Balaban J connectivity index is 1.51. The van der Waals surface area contributed by atoms with Gasteiger partial charge in [-0.15, -0.1) is 21.5 Å². The Bertz CT molecular complexity index is 833. The van der Waals surface area contributed by atoms with Gasteiger partial charge < -0.3 is 11.2 Å². The molecule has 3 N–H and O–H groups in total. The molecule has 0 saturated heterocycles. The molecule has 2 heterocycles. The molecule has 1 amide bonds. The highest BCUT2D eigenvalue weighted by Gasteiger charge is 2.13. The third kappa shape index (κ3) is 4.58. The van der Waals surface area contributed by atoms with Gasteiger partial charge in [-0.05, 0) is 42.1 Å². The fourth-order valence-electron chi connectivity index (χ4n) is 2.13. The van der Waals surface area contributed by atoms with Crippen LogP contribution in [0.2, 0.25) is 0 Å². The van der Waals surface area contributed by atoms with Crippen LogP contribution in [0.5, 0.6) is 0 Å². The number of amides is 1. The molecule has 25 heavy (non-hydrogen) atoms. The summed E-state index contributed by atoms with van der Waals surface area (Å²) in [7, 11) is 0. The Morgan fingerprint density at radius 3 is 2.80 bits per heavy atom. The summed E-state index contributed by atoms with van der Waals surface area (Å²) in [6.45, 7) is 0.593. The van der Waals surface area contributed by atoms with Crippen molar-refractivity contribution in [3.8, 4) is 11.4 Å². The maximum atomic E-state index is 13.0. The first-order valence-corrected chi connectivity index (χ1v) is 9.38. The monoisotopic (exact) mass is 377 g/mol. The number of hydrogen-bond acceptors (Lipinski definition) is 6. The van der Waals surface area contributed by atoms with Gasteiger partial charge in [-0.25, -0.2) is 9.07 Å². The lowest BCUT2D eigenvalue weighted by molar-refractivity contribution is -0.118. The molecule has 0 bridgehead atoms. The number of thiophene rings is 1. The van der Waals surface area contributed by atoms with Crippen LogP contribution in [0.4, 0.5) is 4.39 Å². The number of aromatic nitrogens is 3. The predicted octanol–water partition coefficient (Wildman–Crippen LogP) is 2.31. The van der Waals surface area contributed by atoms with Crippen LogP contribution in [0.1, 0.15) is 4.88 Å². The van der Waals surface area contributed by atoms with Gasteiger partial charge in [-0.2, -0.15) is 0 Å². The molecule has 3 rings (SSSR count). The second-order valence-electron chi connectivity index (χ2n) is 5.15. The molecule has 0 aliphatic carbocycles. The molecule has 9 heteroatoms. The molecule has 0 aliphatic heterocycles. The van der Waals surface area contributed by atoms with Gasteiger partial charge in [-0.3, -0.25) is 4.79 Å². The fourth-order valence-corrected chi connectivity index (χ4v) is 3.53. The number of carbonyl (C=O) groups excluding carboxylic acids is 1. The summed E-state index contributed by atoms with van der Waals surface area (Å²) in [5.41, 5.74) is 0.656. The molecule has 130 valence electrons. The SMILES string of the molecule is Nn1c(SCC(=O)NCCc2cccs2)nnc1-c1ccc(F)cc1. The molecule has 0 fully saturated rings. The van der Waals surface area contributed by atoms with Crippen LogP contribution in [0.15, 0.2) is 46.9 Å². The van der Waals surface area contributed by atoms with Gasteiger partial charge in [0.15, 0.2) is 5.82 Å². The lowest BCUT2D eigenvalue weighted by Crippen LogP contribution is -2.27. The molecule has 0 saturated carbocycles. The minimum Gasteiger partial charge on any atom is -0.355 e. The van der Waals surface area contributed by atoms with Crippen LogP contribution in [-0.4, -0.2) is 33.1 Å². The number of nitrogens with zero attached hydrogens (tertiary/aromatic N) is 3. The van der Waals surface area contributed by atoms with E-state index in [1.165, 1.54) is 33.4 Å². The van der Waals surface area contributed by atoms with E-state index in [1.54, 1.807) is 23.5 Å². The lowest BCUT2D eigenvalue weighted by Gasteiger charge is -2.05. The Morgan fingerprint density at radius 1 is 1.28 bits per heavy atom. The molecule has 6 nitrogen and oxygen atoms in total. The fraction of sp³-hybridized carbons (Fsp3) is 0.188. The van der Waals surface area contributed by atoms with Crippen LogP contribution in [0, 0.1) is 5.82 Å². The van der Waals surface area contributed by atoms with E-state index in [1.807, 2.05) is 17.5 Å². The van der Waals surface area contributed by atoms with Crippen molar-refractivity contribution in [3.63, 3.8) is 0 Å². The van der Waals surface area contributed by atoms with E-state index in [0.717, 1.165) is 6.42 Å². The summed E-state index contributed by atoms with van der Waals surface area (Å²) in [5.74, 6) is 6.16. The number of benzene rings is 1. The zero-order chi connectivity index (χ0) is 17.6. The van der Waals surface area contributed by atoms with Gasteiger partial charge in [0.25, 0.3) is 0 Å². The zero-order valence-electron chi connectivity index (χ0n) is 13.2. The van der Waals surface area contributed by atoms with E-state index < -0.39 is 0 Å². The van der Waals surface area contributed by atoms with E-state index in [-0.39, 0.29) is 17.5 Å². The summed E-state index contributed by atoms with van der Waals surface area (Å²) in [6, 6.07) is 9.85. The quantitative estimate of drug-likeness (QED) is 0.487. The number of carbonyl (C=O) groups is 1. The zero-order valence-corrected chi connectivity index (χ0v) is 14.8. The van der Waals surface area contributed by atoms with Gasteiger partial charge in [-0.1, -0.05) is 17.8 Å². The Hall–Kier alpha value is -2.39. The summed E-state index contributed by atoms with van der Waals surface area (Å²) in [5, 5.41) is 13.3. The second-order valence-corrected chi connectivity index (χ2v) is 7.13. The van der Waals surface area contributed by atoms with Gasteiger partial charge in [0.2, 0.25) is 11.1 Å². The Labute approximate surface area is 152 Å². The summed E-state index contributed by atoms with van der Waals surface area (Å²) in [4.78, 5) is 13.1. The van der Waals surface area contributed by atoms with Crippen molar-refractivity contribution in [2.45, 2.75) is 11.6 Å². The minimum atomic E-state index is -0.333.